The van der Waals surface area contributed by atoms with Crippen LogP contribution >= 0.6 is 0 Å². The quantitative estimate of drug-likeness (QED) is 0.740. The lowest BCUT2D eigenvalue weighted by Crippen LogP contribution is -2.24. The summed E-state index contributed by atoms with van der Waals surface area (Å²) in [6, 6.07) is 0. The molecule has 1 N–H and O–H groups in total. The molecule has 15 heavy (non-hydrogen) atoms. The SMILES string of the molecule is COC(CNc1nc(C)cnc1C)OC. The van der Waals surface area contributed by atoms with E-state index in [-0.39, 0.29) is 6.29 Å². The molecule has 0 radical (unpaired) electrons. The molecule has 0 aliphatic carbocycles. The summed E-state index contributed by atoms with van der Waals surface area (Å²) in [7, 11) is 3.20. The van der Waals surface area contributed by atoms with E-state index in [4.69, 9.17) is 9.47 Å². The Labute approximate surface area is 89.8 Å². The second kappa shape index (κ2) is 5.63. The Morgan fingerprint density at radius 3 is 2.60 bits per heavy atom. The molecule has 0 aromatic carbocycles. The first-order valence-electron chi connectivity index (χ1n) is 4.77. The van der Waals surface area contributed by atoms with E-state index < -0.39 is 0 Å². The zero-order chi connectivity index (χ0) is 11.3. The molecule has 5 heteroatoms. The predicted octanol–water partition coefficient (Wildman–Crippen LogP) is 1.12. The predicted molar refractivity (Wildman–Crippen MR) is 57.8 cm³/mol. The first kappa shape index (κ1) is 11.9. The minimum atomic E-state index is -0.272. The van der Waals surface area contributed by atoms with Gasteiger partial charge in [0.2, 0.25) is 0 Å². The Morgan fingerprint density at radius 2 is 2.00 bits per heavy atom. The second-order valence-electron chi connectivity index (χ2n) is 3.23. The van der Waals surface area contributed by atoms with Crippen LogP contribution in [-0.4, -0.2) is 37.0 Å². The van der Waals surface area contributed by atoms with Crippen LogP contribution in [-0.2, 0) is 9.47 Å². The number of aromatic nitrogens is 2. The molecule has 1 heterocycles. The number of nitrogens with zero attached hydrogens (tertiary/aromatic N) is 2. The van der Waals surface area contributed by atoms with Crippen LogP contribution in [0.3, 0.4) is 0 Å². The first-order chi connectivity index (χ1) is 7.17. The highest BCUT2D eigenvalue weighted by molar-refractivity contribution is 5.39. The minimum absolute atomic E-state index is 0.272. The summed E-state index contributed by atoms with van der Waals surface area (Å²) >= 11 is 0. The summed E-state index contributed by atoms with van der Waals surface area (Å²) in [5.41, 5.74) is 1.75. The topological polar surface area (TPSA) is 56.3 Å². The fraction of sp³-hybridized carbons (Fsp3) is 0.600. The molecule has 0 aliphatic heterocycles. The van der Waals surface area contributed by atoms with Crippen molar-refractivity contribution in [2.75, 3.05) is 26.1 Å². The Morgan fingerprint density at radius 1 is 1.33 bits per heavy atom. The molecule has 0 amide bonds. The third-order valence-corrected chi connectivity index (χ3v) is 2.04. The lowest BCUT2D eigenvalue weighted by Gasteiger charge is -2.15. The number of ether oxygens (including phenoxy) is 2. The molecule has 1 aromatic heterocycles. The van der Waals surface area contributed by atoms with Gasteiger partial charge in [0.1, 0.15) is 5.82 Å². The Balaban J connectivity index is 2.60. The lowest BCUT2D eigenvalue weighted by molar-refractivity contribution is -0.0914. The summed E-state index contributed by atoms with van der Waals surface area (Å²) in [6.45, 7) is 4.36. The molecule has 1 rings (SSSR count). The summed E-state index contributed by atoms with van der Waals surface area (Å²) in [5.74, 6) is 0.772. The van der Waals surface area contributed by atoms with Crippen LogP contribution in [0, 0.1) is 13.8 Å². The van der Waals surface area contributed by atoms with Crippen molar-refractivity contribution in [3.8, 4) is 0 Å². The Kier molecular flexibility index (Phi) is 4.45. The molecule has 0 atom stereocenters. The lowest BCUT2D eigenvalue weighted by atomic mass is 10.4. The summed E-state index contributed by atoms with van der Waals surface area (Å²) in [4.78, 5) is 8.53. The molecule has 0 aliphatic rings. The number of hydrogen-bond donors (Lipinski definition) is 1. The molecule has 5 nitrogen and oxygen atoms in total. The molecule has 84 valence electrons. The van der Waals surface area contributed by atoms with Crippen molar-refractivity contribution < 1.29 is 9.47 Å². The standard InChI is InChI=1S/C10H17N3O2/c1-7-5-11-8(2)10(13-7)12-6-9(14-3)15-4/h5,9H,6H2,1-4H3,(H,12,13). The number of nitrogens with one attached hydrogen (secondary N) is 1. The van der Waals surface area contributed by atoms with Crippen molar-refractivity contribution >= 4 is 5.82 Å². The minimum Gasteiger partial charge on any atom is -0.363 e. The van der Waals surface area contributed by atoms with Gasteiger partial charge in [-0.1, -0.05) is 0 Å². The van der Waals surface area contributed by atoms with Crippen molar-refractivity contribution in [1.29, 1.82) is 0 Å². The molecule has 0 saturated carbocycles. The number of aryl methyl sites for hydroxylation is 2. The first-order valence-corrected chi connectivity index (χ1v) is 4.77. The highest BCUT2D eigenvalue weighted by atomic mass is 16.7. The van der Waals surface area contributed by atoms with E-state index in [1.54, 1.807) is 20.4 Å². The monoisotopic (exact) mass is 211 g/mol. The van der Waals surface area contributed by atoms with Gasteiger partial charge >= 0.3 is 0 Å². The van der Waals surface area contributed by atoms with Crippen molar-refractivity contribution in [3.63, 3.8) is 0 Å². The van der Waals surface area contributed by atoms with E-state index in [0.717, 1.165) is 17.2 Å². The summed E-state index contributed by atoms with van der Waals surface area (Å²) in [6.07, 6.45) is 1.47. The number of methoxy groups -OCH3 is 2. The van der Waals surface area contributed by atoms with Gasteiger partial charge in [0.15, 0.2) is 6.29 Å². The Bertz CT molecular complexity index is 314. The number of hydrogen-bond acceptors (Lipinski definition) is 5. The normalized spacial score (nSPS) is 10.7. The van der Waals surface area contributed by atoms with Gasteiger partial charge in [-0.2, -0.15) is 0 Å². The van der Waals surface area contributed by atoms with E-state index in [9.17, 15) is 0 Å². The van der Waals surface area contributed by atoms with Gasteiger partial charge in [-0.15, -0.1) is 0 Å². The van der Waals surface area contributed by atoms with E-state index in [1.807, 2.05) is 13.8 Å². The van der Waals surface area contributed by atoms with E-state index in [2.05, 4.69) is 15.3 Å². The molecule has 0 spiro atoms. The maximum Gasteiger partial charge on any atom is 0.173 e. The number of anilines is 1. The molecule has 0 bridgehead atoms. The van der Waals surface area contributed by atoms with Gasteiger partial charge in [-0.25, -0.2) is 4.98 Å². The van der Waals surface area contributed by atoms with Gasteiger partial charge in [-0.05, 0) is 13.8 Å². The summed E-state index contributed by atoms with van der Waals surface area (Å²) < 4.78 is 10.1. The highest BCUT2D eigenvalue weighted by Crippen LogP contribution is 2.08. The van der Waals surface area contributed by atoms with E-state index >= 15 is 0 Å². The maximum absolute atomic E-state index is 5.06. The van der Waals surface area contributed by atoms with Crippen LogP contribution in [0.5, 0.6) is 0 Å². The molecular formula is C10H17N3O2. The zero-order valence-electron chi connectivity index (χ0n) is 9.57. The van der Waals surface area contributed by atoms with Crippen LogP contribution in [0.4, 0.5) is 5.82 Å². The smallest absolute Gasteiger partial charge is 0.173 e. The zero-order valence-corrected chi connectivity index (χ0v) is 9.57. The van der Waals surface area contributed by atoms with Crippen LogP contribution in [0.15, 0.2) is 6.20 Å². The fourth-order valence-corrected chi connectivity index (χ4v) is 1.15. The third kappa shape index (κ3) is 3.45. The van der Waals surface area contributed by atoms with Crippen LogP contribution < -0.4 is 5.32 Å². The third-order valence-electron chi connectivity index (χ3n) is 2.04. The second-order valence-corrected chi connectivity index (χ2v) is 3.23. The molecule has 1 aromatic rings. The molecule has 0 saturated heterocycles. The van der Waals surface area contributed by atoms with Crippen molar-refractivity contribution in [3.05, 3.63) is 17.6 Å². The van der Waals surface area contributed by atoms with Gasteiger partial charge in [-0.3, -0.25) is 4.98 Å². The molecular weight excluding hydrogens is 194 g/mol. The number of rotatable bonds is 5. The van der Waals surface area contributed by atoms with Crippen molar-refractivity contribution in [1.82, 2.24) is 9.97 Å². The van der Waals surface area contributed by atoms with Gasteiger partial charge in [0.25, 0.3) is 0 Å². The largest absolute Gasteiger partial charge is 0.363 e. The van der Waals surface area contributed by atoms with Crippen LogP contribution in [0.1, 0.15) is 11.4 Å². The summed E-state index contributed by atoms with van der Waals surface area (Å²) in [5, 5.41) is 3.13. The average molecular weight is 211 g/mol. The molecule has 0 fully saturated rings. The van der Waals surface area contributed by atoms with Crippen molar-refractivity contribution in [2.45, 2.75) is 20.1 Å². The average Bonchev–Trinajstić information content (AvgIpc) is 2.24. The van der Waals surface area contributed by atoms with Crippen LogP contribution in [0.2, 0.25) is 0 Å². The van der Waals surface area contributed by atoms with E-state index in [0.29, 0.717) is 6.54 Å². The van der Waals surface area contributed by atoms with E-state index in [1.165, 1.54) is 0 Å². The van der Waals surface area contributed by atoms with Crippen molar-refractivity contribution in [2.24, 2.45) is 0 Å². The van der Waals surface area contributed by atoms with Gasteiger partial charge in [0, 0.05) is 20.4 Å². The highest BCUT2D eigenvalue weighted by Gasteiger charge is 2.07. The Hall–Kier alpha value is -1.20. The maximum atomic E-state index is 5.06. The molecule has 0 unspecified atom stereocenters. The fourth-order valence-electron chi connectivity index (χ4n) is 1.15. The van der Waals surface area contributed by atoms with Gasteiger partial charge in [0.05, 0.1) is 17.9 Å². The van der Waals surface area contributed by atoms with Crippen LogP contribution in [0.25, 0.3) is 0 Å². The van der Waals surface area contributed by atoms with Gasteiger partial charge < -0.3 is 14.8 Å².